The van der Waals surface area contributed by atoms with E-state index in [0.717, 1.165) is 15.9 Å². The first-order valence-corrected chi connectivity index (χ1v) is 7.57. The van der Waals surface area contributed by atoms with E-state index in [4.69, 9.17) is 0 Å². The van der Waals surface area contributed by atoms with Crippen LogP contribution in [0.1, 0.15) is 19.4 Å². The number of anilines is 1. The van der Waals surface area contributed by atoms with Crippen molar-refractivity contribution in [3.63, 3.8) is 0 Å². The normalized spacial score (nSPS) is 10.6. The van der Waals surface area contributed by atoms with Crippen LogP contribution in [0.25, 0.3) is 0 Å². The van der Waals surface area contributed by atoms with Crippen LogP contribution in [0.2, 0.25) is 0 Å². The molecule has 4 heteroatoms. The predicted molar refractivity (Wildman–Crippen MR) is 79.7 cm³/mol. The Kier molecular flexibility index (Phi) is 6.06. The quantitative estimate of drug-likeness (QED) is 0.886. The highest BCUT2D eigenvalue weighted by Crippen LogP contribution is 2.23. The van der Waals surface area contributed by atoms with Gasteiger partial charge in [0.2, 0.25) is 5.91 Å². The van der Waals surface area contributed by atoms with E-state index in [1.165, 1.54) is 5.56 Å². The second kappa shape index (κ2) is 7.07. The van der Waals surface area contributed by atoms with E-state index in [9.17, 15) is 4.79 Å². The summed E-state index contributed by atoms with van der Waals surface area (Å²) in [6, 6.07) is 5.91. The van der Waals surface area contributed by atoms with Gasteiger partial charge in [-0.25, -0.2) is 0 Å². The van der Waals surface area contributed by atoms with Crippen LogP contribution in [0.5, 0.6) is 0 Å². The van der Waals surface area contributed by atoms with Gasteiger partial charge in [-0.2, -0.15) is 11.8 Å². The zero-order valence-electron chi connectivity index (χ0n) is 10.4. The van der Waals surface area contributed by atoms with E-state index in [2.05, 4.69) is 35.1 Å². The Hall–Kier alpha value is -0.480. The lowest BCUT2D eigenvalue weighted by atomic mass is 10.2. The molecule has 1 aromatic rings. The van der Waals surface area contributed by atoms with E-state index in [1.807, 2.05) is 25.1 Å². The highest BCUT2D eigenvalue weighted by atomic mass is 79.9. The summed E-state index contributed by atoms with van der Waals surface area (Å²) in [5, 5.41) is 2.90. The number of halogens is 1. The van der Waals surface area contributed by atoms with Gasteiger partial charge in [0, 0.05) is 4.47 Å². The summed E-state index contributed by atoms with van der Waals surface area (Å²) in [4.78, 5) is 11.7. The maximum Gasteiger partial charge on any atom is 0.234 e. The summed E-state index contributed by atoms with van der Waals surface area (Å²) in [7, 11) is 0. The molecule has 0 bridgehead atoms. The van der Waals surface area contributed by atoms with Crippen molar-refractivity contribution in [2.24, 2.45) is 5.92 Å². The standard InChI is InChI=1S/C13H18BrNOS/c1-9(2)7-17-8-13(16)15-12-5-4-10(3)6-11(12)14/h4-6,9H,7-8H2,1-3H3,(H,15,16). The molecule has 0 aliphatic carbocycles. The molecule has 1 N–H and O–H groups in total. The number of rotatable bonds is 5. The number of nitrogens with one attached hydrogen (secondary N) is 1. The molecule has 0 saturated carbocycles. The Morgan fingerprint density at radius 3 is 2.76 bits per heavy atom. The largest absolute Gasteiger partial charge is 0.324 e. The molecule has 0 atom stereocenters. The lowest BCUT2D eigenvalue weighted by Crippen LogP contribution is -2.15. The zero-order valence-corrected chi connectivity index (χ0v) is 12.8. The summed E-state index contributed by atoms with van der Waals surface area (Å²) in [5.74, 6) is 2.21. The molecule has 94 valence electrons. The smallest absolute Gasteiger partial charge is 0.234 e. The minimum Gasteiger partial charge on any atom is -0.324 e. The number of amides is 1. The minimum absolute atomic E-state index is 0.0557. The van der Waals surface area contributed by atoms with E-state index in [-0.39, 0.29) is 5.91 Å². The second-order valence-corrected chi connectivity index (χ2v) is 6.33. The van der Waals surface area contributed by atoms with Crippen LogP contribution < -0.4 is 5.32 Å². The van der Waals surface area contributed by atoms with Crippen LogP contribution in [0.4, 0.5) is 5.69 Å². The van der Waals surface area contributed by atoms with Gasteiger partial charge in [0.05, 0.1) is 11.4 Å². The van der Waals surface area contributed by atoms with Crippen molar-refractivity contribution in [2.75, 3.05) is 16.8 Å². The van der Waals surface area contributed by atoms with Gasteiger partial charge in [-0.3, -0.25) is 4.79 Å². The summed E-state index contributed by atoms with van der Waals surface area (Å²) >= 11 is 5.12. The molecule has 2 nitrogen and oxygen atoms in total. The fraction of sp³-hybridized carbons (Fsp3) is 0.462. The lowest BCUT2D eigenvalue weighted by molar-refractivity contribution is -0.113. The van der Waals surface area contributed by atoms with Crippen LogP contribution in [0.3, 0.4) is 0 Å². The Morgan fingerprint density at radius 1 is 1.47 bits per heavy atom. The van der Waals surface area contributed by atoms with Crippen molar-refractivity contribution < 1.29 is 4.79 Å². The Balaban J connectivity index is 2.45. The molecule has 0 fully saturated rings. The molecule has 1 amide bonds. The Morgan fingerprint density at radius 2 is 2.18 bits per heavy atom. The van der Waals surface area contributed by atoms with Crippen molar-refractivity contribution in [1.29, 1.82) is 0 Å². The number of benzene rings is 1. The molecule has 0 aliphatic rings. The maximum absolute atomic E-state index is 11.7. The van der Waals surface area contributed by atoms with Gasteiger partial charge in [0.15, 0.2) is 0 Å². The molecule has 0 unspecified atom stereocenters. The third-order valence-corrected chi connectivity index (χ3v) is 4.11. The van der Waals surface area contributed by atoms with Gasteiger partial charge in [-0.05, 0) is 52.2 Å². The lowest BCUT2D eigenvalue weighted by Gasteiger charge is -2.08. The molecule has 17 heavy (non-hydrogen) atoms. The fourth-order valence-electron chi connectivity index (χ4n) is 1.30. The van der Waals surface area contributed by atoms with Crippen LogP contribution in [-0.2, 0) is 4.79 Å². The number of hydrogen-bond donors (Lipinski definition) is 1. The van der Waals surface area contributed by atoms with Crippen molar-refractivity contribution >= 4 is 39.3 Å². The van der Waals surface area contributed by atoms with Crippen LogP contribution in [0, 0.1) is 12.8 Å². The number of aryl methyl sites for hydroxylation is 1. The first-order valence-electron chi connectivity index (χ1n) is 5.62. The van der Waals surface area contributed by atoms with Crippen molar-refractivity contribution in [1.82, 2.24) is 0 Å². The van der Waals surface area contributed by atoms with Crippen LogP contribution >= 0.6 is 27.7 Å². The average Bonchev–Trinajstić information content (AvgIpc) is 2.21. The molecule has 0 radical (unpaired) electrons. The molecular weight excluding hydrogens is 298 g/mol. The van der Waals surface area contributed by atoms with Gasteiger partial charge in [0.1, 0.15) is 0 Å². The van der Waals surface area contributed by atoms with Crippen molar-refractivity contribution in [3.8, 4) is 0 Å². The number of thioether (sulfide) groups is 1. The number of carbonyl (C=O) groups excluding carboxylic acids is 1. The molecule has 1 aromatic carbocycles. The molecule has 0 spiro atoms. The third kappa shape index (κ3) is 5.59. The van der Waals surface area contributed by atoms with E-state index < -0.39 is 0 Å². The molecule has 0 saturated heterocycles. The topological polar surface area (TPSA) is 29.1 Å². The van der Waals surface area contributed by atoms with E-state index >= 15 is 0 Å². The fourth-order valence-corrected chi connectivity index (χ4v) is 2.73. The summed E-state index contributed by atoms with van der Waals surface area (Å²) in [6.07, 6.45) is 0. The average molecular weight is 316 g/mol. The van der Waals surface area contributed by atoms with Crippen molar-refractivity contribution in [3.05, 3.63) is 28.2 Å². The zero-order chi connectivity index (χ0) is 12.8. The number of hydrogen-bond acceptors (Lipinski definition) is 2. The van der Waals surface area contributed by atoms with E-state index in [1.54, 1.807) is 11.8 Å². The maximum atomic E-state index is 11.7. The molecular formula is C13H18BrNOS. The first-order chi connectivity index (χ1) is 7.99. The Labute approximate surface area is 116 Å². The predicted octanol–water partition coefficient (Wildman–Crippen LogP) is 4.09. The highest BCUT2D eigenvalue weighted by Gasteiger charge is 2.06. The monoisotopic (exact) mass is 315 g/mol. The first kappa shape index (κ1) is 14.6. The minimum atomic E-state index is 0.0557. The van der Waals surface area contributed by atoms with Gasteiger partial charge in [-0.1, -0.05) is 19.9 Å². The summed E-state index contributed by atoms with van der Waals surface area (Å²) < 4.78 is 0.930. The third-order valence-electron chi connectivity index (χ3n) is 2.08. The molecule has 0 aliphatic heterocycles. The van der Waals surface area contributed by atoms with Gasteiger partial charge in [0.25, 0.3) is 0 Å². The number of carbonyl (C=O) groups is 1. The van der Waals surface area contributed by atoms with E-state index in [0.29, 0.717) is 11.7 Å². The van der Waals surface area contributed by atoms with Crippen LogP contribution in [-0.4, -0.2) is 17.4 Å². The molecule has 0 aromatic heterocycles. The Bertz CT molecular complexity index is 393. The van der Waals surface area contributed by atoms with Crippen LogP contribution in [0.15, 0.2) is 22.7 Å². The molecule has 0 heterocycles. The van der Waals surface area contributed by atoms with Crippen molar-refractivity contribution in [2.45, 2.75) is 20.8 Å². The summed E-state index contributed by atoms with van der Waals surface area (Å²) in [6.45, 7) is 6.33. The van der Waals surface area contributed by atoms with Gasteiger partial charge in [-0.15, -0.1) is 0 Å². The highest BCUT2D eigenvalue weighted by molar-refractivity contribution is 9.10. The molecule has 1 rings (SSSR count). The van der Waals surface area contributed by atoms with Gasteiger partial charge >= 0.3 is 0 Å². The SMILES string of the molecule is Cc1ccc(NC(=O)CSCC(C)C)c(Br)c1. The summed E-state index contributed by atoms with van der Waals surface area (Å²) in [5.41, 5.74) is 2.01. The second-order valence-electron chi connectivity index (χ2n) is 4.44. The van der Waals surface area contributed by atoms with Gasteiger partial charge < -0.3 is 5.32 Å².